The first-order valence-corrected chi connectivity index (χ1v) is 9.16. The number of aromatic nitrogens is 1. The maximum Gasteiger partial charge on any atom is 0.238 e. The first-order chi connectivity index (χ1) is 11.1. The van der Waals surface area contributed by atoms with Crippen LogP contribution < -0.4 is 5.14 Å². The van der Waals surface area contributed by atoms with Crippen LogP contribution in [-0.4, -0.2) is 37.7 Å². The highest BCUT2D eigenvalue weighted by Gasteiger charge is 2.19. The summed E-state index contributed by atoms with van der Waals surface area (Å²) < 4.78 is 23.0. The van der Waals surface area contributed by atoms with E-state index in [1.807, 2.05) is 44.9 Å². The Labute approximate surface area is 142 Å². The molecule has 24 heavy (non-hydrogen) atoms. The number of Topliss-reactive ketones (excluding diaryl/α,β-unsaturated/α-hetero) is 1. The number of aromatic amines is 1. The number of H-pyrrole nitrogens is 1. The summed E-state index contributed by atoms with van der Waals surface area (Å²) in [4.78, 5) is 17.6. The predicted molar refractivity (Wildman–Crippen MR) is 93.5 cm³/mol. The monoisotopic (exact) mass is 349 g/mol. The lowest BCUT2D eigenvalue weighted by molar-refractivity contribution is 0.0924. The highest BCUT2D eigenvalue weighted by molar-refractivity contribution is 7.89. The topological polar surface area (TPSA) is 96.3 Å². The molecule has 130 valence electrons. The summed E-state index contributed by atoms with van der Waals surface area (Å²) in [5, 5.41) is 5.18. The van der Waals surface area contributed by atoms with E-state index < -0.39 is 10.0 Å². The highest BCUT2D eigenvalue weighted by atomic mass is 32.2. The summed E-state index contributed by atoms with van der Waals surface area (Å²) in [5.41, 5.74) is 3.28. The van der Waals surface area contributed by atoms with Crippen molar-refractivity contribution in [2.24, 2.45) is 5.14 Å². The van der Waals surface area contributed by atoms with Gasteiger partial charge in [-0.05, 0) is 51.6 Å². The summed E-state index contributed by atoms with van der Waals surface area (Å²) in [6, 6.07) is 8.20. The van der Waals surface area contributed by atoms with Gasteiger partial charge in [-0.1, -0.05) is 12.1 Å². The number of nitrogens with one attached hydrogen (secondary N) is 1. The average molecular weight is 349 g/mol. The molecule has 0 spiro atoms. The Morgan fingerprint density at radius 1 is 1.29 bits per heavy atom. The molecule has 0 amide bonds. The Morgan fingerprint density at radius 3 is 2.50 bits per heavy atom. The largest absolute Gasteiger partial charge is 0.362 e. The predicted octanol–water partition coefficient (Wildman–Crippen LogP) is 2.15. The zero-order chi connectivity index (χ0) is 18.1. The molecule has 0 fully saturated rings. The van der Waals surface area contributed by atoms with Gasteiger partial charge in [0, 0.05) is 23.0 Å². The fourth-order valence-corrected chi connectivity index (χ4v) is 3.24. The minimum absolute atomic E-state index is 0.0220. The Morgan fingerprint density at radius 2 is 1.96 bits per heavy atom. The number of likely N-dealkylation sites (N-methyl/N-ethyl adjacent to an activating group) is 1. The van der Waals surface area contributed by atoms with Gasteiger partial charge in [0.25, 0.3) is 0 Å². The van der Waals surface area contributed by atoms with Crippen LogP contribution in [0.2, 0.25) is 0 Å². The van der Waals surface area contributed by atoms with Gasteiger partial charge in [0.05, 0.1) is 11.4 Å². The lowest BCUT2D eigenvalue weighted by atomic mass is 10.1. The summed E-state index contributed by atoms with van der Waals surface area (Å²) in [5.74, 6) is 0.0220. The van der Waals surface area contributed by atoms with Crippen molar-refractivity contribution in [2.45, 2.75) is 31.7 Å². The van der Waals surface area contributed by atoms with Gasteiger partial charge in [-0.3, -0.25) is 9.69 Å². The molecule has 0 aliphatic heterocycles. The van der Waals surface area contributed by atoms with Crippen LogP contribution in [0.25, 0.3) is 0 Å². The van der Waals surface area contributed by atoms with Gasteiger partial charge >= 0.3 is 0 Å². The molecule has 6 nitrogen and oxygen atoms in total. The Bertz CT molecular complexity index is 856. The number of nitrogens with zero attached hydrogens (tertiary/aromatic N) is 1. The number of primary sulfonamides is 1. The number of nitrogens with two attached hydrogens (primary N) is 1. The second-order valence-electron chi connectivity index (χ2n) is 6.12. The molecule has 0 radical (unpaired) electrons. The SMILES string of the molecule is Cc1cc(C(=O)CN(C)[C@H](C)c2cccc(S(N)(=O)=O)c2)c(C)[nH]1. The summed E-state index contributed by atoms with van der Waals surface area (Å²) in [6.45, 7) is 5.94. The maximum atomic E-state index is 12.5. The molecule has 0 saturated carbocycles. The van der Waals surface area contributed by atoms with Crippen molar-refractivity contribution < 1.29 is 13.2 Å². The molecule has 3 N–H and O–H groups in total. The van der Waals surface area contributed by atoms with Crippen LogP contribution in [0.5, 0.6) is 0 Å². The van der Waals surface area contributed by atoms with E-state index in [9.17, 15) is 13.2 Å². The normalized spacial score (nSPS) is 13.2. The first-order valence-electron chi connectivity index (χ1n) is 7.62. The molecule has 0 aliphatic rings. The van der Waals surface area contributed by atoms with Crippen LogP contribution in [0.1, 0.15) is 40.3 Å². The molecular weight excluding hydrogens is 326 g/mol. The Balaban J connectivity index is 2.16. The van der Waals surface area contributed by atoms with Crippen molar-refractivity contribution in [1.82, 2.24) is 9.88 Å². The van der Waals surface area contributed by atoms with E-state index in [4.69, 9.17) is 5.14 Å². The fraction of sp³-hybridized carbons (Fsp3) is 0.353. The molecule has 7 heteroatoms. The number of aryl methyl sites for hydroxylation is 2. The third kappa shape index (κ3) is 4.11. The molecule has 1 aromatic carbocycles. The van der Waals surface area contributed by atoms with Crippen molar-refractivity contribution in [3.05, 3.63) is 52.8 Å². The molecule has 2 aromatic rings. The van der Waals surface area contributed by atoms with Crippen LogP contribution >= 0.6 is 0 Å². The first kappa shape index (κ1) is 18.4. The van der Waals surface area contributed by atoms with E-state index in [-0.39, 0.29) is 23.3 Å². The van der Waals surface area contributed by atoms with E-state index in [0.717, 1.165) is 17.0 Å². The quantitative estimate of drug-likeness (QED) is 0.781. The number of benzene rings is 1. The fourth-order valence-electron chi connectivity index (χ4n) is 2.67. The molecule has 0 saturated heterocycles. The molecular formula is C17H23N3O3S. The third-order valence-corrected chi connectivity index (χ3v) is 5.08. The number of carbonyl (C=O) groups excluding carboxylic acids is 1. The van der Waals surface area contributed by atoms with Crippen LogP contribution in [0, 0.1) is 13.8 Å². The van der Waals surface area contributed by atoms with Crippen LogP contribution in [-0.2, 0) is 10.0 Å². The number of hydrogen-bond acceptors (Lipinski definition) is 4. The molecule has 0 unspecified atom stereocenters. The second kappa shape index (κ2) is 6.88. The number of hydrogen-bond donors (Lipinski definition) is 2. The Hall–Kier alpha value is -1.96. The molecule has 0 bridgehead atoms. The van der Waals surface area contributed by atoms with Gasteiger partial charge in [-0.2, -0.15) is 0 Å². The van der Waals surface area contributed by atoms with Crippen molar-refractivity contribution in [3.8, 4) is 0 Å². The van der Waals surface area contributed by atoms with Crippen molar-refractivity contribution in [3.63, 3.8) is 0 Å². The molecule has 2 rings (SSSR count). The van der Waals surface area contributed by atoms with Gasteiger partial charge in [0.1, 0.15) is 0 Å². The maximum absolute atomic E-state index is 12.5. The van der Waals surface area contributed by atoms with Crippen molar-refractivity contribution >= 4 is 15.8 Å². The average Bonchev–Trinajstić information content (AvgIpc) is 2.84. The highest BCUT2D eigenvalue weighted by Crippen LogP contribution is 2.22. The van der Waals surface area contributed by atoms with Crippen LogP contribution in [0.3, 0.4) is 0 Å². The van der Waals surface area contributed by atoms with Gasteiger partial charge < -0.3 is 4.98 Å². The number of carbonyl (C=O) groups is 1. The van der Waals surface area contributed by atoms with Crippen LogP contribution in [0.15, 0.2) is 35.2 Å². The summed E-state index contributed by atoms with van der Waals surface area (Å²) in [7, 11) is -1.91. The van der Waals surface area contributed by atoms with E-state index in [1.165, 1.54) is 6.07 Å². The summed E-state index contributed by atoms with van der Waals surface area (Å²) in [6.07, 6.45) is 0. The lowest BCUT2D eigenvalue weighted by Crippen LogP contribution is -2.29. The van der Waals surface area contributed by atoms with Gasteiger partial charge in [0.2, 0.25) is 10.0 Å². The van der Waals surface area contributed by atoms with Crippen molar-refractivity contribution in [1.29, 1.82) is 0 Å². The smallest absolute Gasteiger partial charge is 0.238 e. The molecule has 1 aromatic heterocycles. The third-order valence-electron chi connectivity index (χ3n) is 4.17. The lowest BCUT2D eigenvalue weighted by Gasteiger charge is -2.24. The van der Waals surface area contributed by atoms with Gasteiger partial charge in [0.15, 0.2) is 5.78 Å². The van der Waals surface area contributed by atoms with E-state index in [2.05, 4.69) is 4.98 Å². The van der Waals surface area contributed by atoms with Crippen LogP contribution in [0.4, 0.5) is 0 Å². The van der Waals surface area contributed by atoms with E-state index in [1.54, 1.807) is 12.1 Å². The van der Waals surface area contributed by atoms with Gasteiger partial charge in [-0.15, -0.1) is 0 Å². The summed E-state index contributed by atoms with van der Waals surface area (Å²) >= 11 is 0. The standard InChI is InChI=1S/C17H23N3O3S/c1-11-8-16(12(2)19-11)17(21)10-20(4)13(3)14-6-5-7-15(9-14)24(18,22)23/h5-9,13,19H,10H2,1-4H3,(H2,18,22,23)/t13-/m1/s1. The minimum atomic E-state index is -3.74. The molecule has 0 aliphatic carbocycles. The molecule has 1 atom stereocenters. The number of ketones is 1. The van der Waals surface area contributed by atoms with E-state index in [0.29, 0.717) is 5.56 Å². The number of rotatable bonds is 6. The zero-order valence-corrected chi connectivity index (χ0v) is 15.1. The van der Waals surface area contributed by atoms with Gasteiger partial charge in [-0.25, -0.2) is 13.6 Å². The second-order valence-corrected chi connectivity index (χ2v) is 7.68. The number of sulfonamides is 1. The van der Waals surface area contributed by atoms with Crippen molar-refractivity contribution in [2.75, 3.05) is 13.6 Å². The zero-order valence-electron chi connectivity index (χ0n) is 14.3. The van der Waals surface area contributed by atoms with E-state index >= 15 is 0 Å². The molecule has 1 heterocycles. The Kier molecular flexibility index (Phi) is 5.27. The minimum Gasteiger partial charge on any atom is -0.362 e.